The molecule has 5 rings (SSSR count). The number of carbonyl (C=O) groups is 1. The van der Waals surface area contributed by atoms with Crippen LogP contribution in [0.2, 0.25) is 0 Å². The zero-order valence-corrected chi connectivity index (χ0v) is 16.2. The standard InChI is InChI=1S/C23H19FN4O2/c24-18-9-5-4-8-17(18)21-14-20(23(29)27-10-12-30-13-11-27)25-22-15-19(26-28(21)22)16-6-2-1-3-7-16/h1-9,14-15H,10-13H2. The van der Waals surface area contributed by atoms with Gasteiger partial charge in [0, 0.05) is 30.3 Å². The normalized spacial score (nSPS) is 14.2. The fourth-order valence-corrected chi connectivity index (χ4v) is 3.62. The van der Waals surface area contributed by atoms with Crippen LogP contribution in [0.5, 0.6) is 0 Å². The first-order valence-corrected chi connectivity index (χ1v) is 9.79. The average molecular weight is 402 g/mol. The molecule has 1 aliphatic rings. The second-order valence-corrected chi connectivity index (χ2v) is 7.08. The maximum absolute atomic E-state index is 14.6. The summed E-state index contributed by atoms with van der Waals surface area (Å²) >= 11 is 0. The summed E-state index contributed by atoms with van der Waals surface area (Å²) in [7, 11) is 0. The molecule has 0 saturated carbocycles. The summed E-state index contributed by atoms with van der Waals surface area (Å²) in [6.07, 6.45) is 0. The molecule has 0 atom stereocenters. The third-order valence-electron chi connectivity index (χ3n) is 5.16. The predicted octanol–water partition coefficient (Wildman–Crippen LogP) is 3.67. The molecule has 0 unspecified atom stereocenters. The molecule has 2 aromatic carbocycles. The van der Waals surface area contributed by atoms with Crippen LogP contribution >= 0.6 is 0 Å². The molecule has 150 valence electrons. The highest BCUT2D eigenvalue weighted by Crippen LogP contribution is 2.27. The van der Waals surface area contributed by atoms with Crippen molar-refractivity contribution in [2.75, 3.05) is 26.3 Å². The van der Waals surface area contributed by atoms with Crippen LogP contribution in [0.4, 0.5) is 4.39 Å². The Kier molecular flexibility index (Phi) is 4.72. The van der Waals surface area contributed by atoms with Crippen molar-refractivity contribution in [3.63, 3.8) is 0 Å². The van der Waals surface area contributed by atoms with Gasteiger partial charge in [0.25, 0.3) is 5.91 Å². The number of fused-ring (bicyclic) bond motifs is 1. The third kappa shape index (κ3) is 3.33. The number of hydrogen-bond acceptors (Lipinski definition) is 4. The maximum Gasteiger partial charge on any atom is 0.272 e. The van der Waals surface area contributed by atoms with E-state index in [0.717, 1.165) is 5.56 Å². The Morgan fingerprint density at radius 3 is 2.47 bits per heavy atom. The van der Waals surface area contributed by atoms with Gasteiger partial charge in [0.1, 0.15) is 11.5 Å². The number of carbonyl (C=O) groups excluding carboxylic acids is 1. The van der Waals surface area contributed by atoms with Gasteiger partial charge >= 0.3 is 0 Å². The van der Waals surface area contributed by atoms with Gasteiger partial charge in [0.05, 0.1) is 24.6 Å². The molecule has 2 aromatic heterocycles. The fraction of sp³-hybridized carbons (Fsp3) is 0.174. The largest absolute Gasteiger partial charge is 0.378 e. The molecule has 0 bridgehead atoms. The molecule has 30 heavy (non-hydrogen) atoms. The molecule has 6 nitrogen and oxygen atoms in total. The average Bonchev–Trinajstić information content (AvgIpc) is 3.24. The molecule has 1 aliphatic heterocycles. The Bertz CT molecular complexity index is 1220. The van der Waals surface area contributed by atoms with Crippen LogP contribution < -0.4 is 0 Å². The summed E-state index contributed by atoms with van der Waals surface area (Å²) in [6, 6.07) is 19.6. The van der Waals surface area contributed by atoms with Crippen molar-refractivity contribution >= 4 is 11.6 Å². The first kappa shape index (κ1) is 18.4. The number of amides is 1. The lowest BCUT2D eigenvalue weighted by Gasteiger charge is -2.26. The van der Waals surface area contributed by atoms with Crippen LogP contribution in [0, 0.1) is 5.82 Å². The highest BCUT2D eigenvalue weighted by Gasteiger charge is 2.23. The van der Waals surface area contributed by atoms with E-state index in [1.54, 1.807) is 33.7 Å². The lowest BCUT2D eigenvalue weighted by molar-refractivity contribution is 0.0299. The number of ether oxygens (including phenoxy) is 1. The van der Waals surface area contributed by atoms with E-state index in [1.807, 2.05) is 36.4 Å². The Balaban J connectivity index is 1.69. The zero-order valence-electron chi connectivity index (χ0n) is 16.2. The van der Waals surface area contributed by atoms with Crippen molar-refractivity contribution in [2.45, 2.75) is 0 Å². The first-order chi connectivity index (χ1) is 14.7. The molecule has 0 aliphatic carbocycles. The molecule has 1 saturated heterocycles. The van der Waals surface area contributed by atoms with Crippen molar-refractivity contribution in [3.8, 4) is 22.5 Å². The first-order valence-electron chi connectivity index (χ1n) is 9.79. The minimum atomic E-state index is -0.383. The van der Waals surface area contributed by atoms with Crippen LogP contribution in [0.3, 0.4) is 0 Å². The van der Waals surface area contributed by atoms with Crippen molar-refractivity contribution in [1.82, 2.24) is 19.5 Å². The Hall–Kier alpha value is -3.58. The summed E-state index contributed by atoms with van der Waals surface area (Å²) in [5.41, 5.74) is 3.23. The number of aromatic nitrogens is 3. The van der Waals surface area contributed by atoms with Gasteiger partial charge in [0.2, 0.25) is 0 Å². The number of morpholine rings is 1. The molecular formula is C23H19FN4O2. The summed E-state index contributed by atoms with van der Waals surface area (Å²) < 4.78 is 21.6. The van der Waals surface area contributed by atoms with E-state index >= 15 is 0 Å². The molecule has 1 amide bonds. The molecule has 4 aromatic rings. The molecule has 0 spiro atoms. The topological polar surface area (TPSA) is 59.7 Å². The predicted molar refractivity (Wildman–Crippen MR) is 111 cm³/mol. The van der Waals surface area contributed by atoms with Crippen molar-refractivity contribution in [3.05, 3.63) is 78.2 Å². The van der Waals surface area contributed by atoms with Gasteiger partial charge in [-0.25, -0.2) is 13.9 Å². The van der Waals surface area contributed by atoms with Gasteiger partial charge in [-0.1, -0.05) is 42.5 Å². The monoisotopic (exact) mass is 402 g/mol. The molecule has 0 N–H and O–H groups in total. The van der Waals surface area contributed by atoms with E-state index in [-0.39, 0.29) is 17.4 Å². The third-order valence-corrected chi connectivity index (χ3v) is 5.16. The molecular weight excluding hydrogens is 383 g/mol. The van der Waals surface area contributed by atoms with Gasteiger partial charge in [-0.2, -0.15) is 5.10 Å². The Labute approximate surface area is 172 Å². The van der Waals surface area contributed by atoms with E-state index in [1.165, 1.54) is 6.07 Å². The number of halogens is 1. The minimum Gasteiger partial charge on any atom is -0.378 e. The smallest absolute Gasteiger partial charge is 0.272 e. The number of hydrogen-bond donors (Lipinski definition) is 0. The quantitative estimate of drug-likeness (QED) is 0.525. The maximum atomic E-state index is 14.6. The summed E-state index contributed by atoms with van der Waals surface area (Å²) in [5, 5.41) is 4.66. The minimum absolute atomic E-state index is 0.194. The Morgan fingerprint density at radius 1 is 0.967 bits per heavy atom. The van der Waals surface area contributed by atoms with Gasteiger partial charge in [-0.3, -0.25) is 4.79 Å². The zero-order chi connectivity index (χ0) is 20.5. The van der Waals surface area contributed by atoms with Gasteiger partial charge in [0.15, 0.2) is 5.65 Å². The van der Waals surface area contributed by atoms with E-state index in [0.29, 0.717) is 48.9 Å². The summed E-state index contributed by atoms with van der Waals surface area (Å²) in [6.45, 7) is 2.02. The van der Waals surface area contributed by atoms with Gasteiger partial charge in [-0.05, 0) is 18.2 Å². The highest BCUT2D eigenvalue weighted by atomic mass is 19.1. The SMILES string of the molecule is O=C(c1cc(-c2ccccc2F)n2nc(-c3ccccc3)cc2n1)N1CCOCC1. The second kappa shape index (κ2) is 7.68. The Morgan fingerprint density at radius 2 is 1.70 bits per heavy atom. The van der Waals surface area contributed by atoms with Crippen molar-refractivity contribution in [2.24, 2.45) is 0 Å². The lowest BCUT2D eigenvalue weighted by Crippen LogP contribution is -2.41. The number of rotatable bonds is 3. The second-order valence-electron chi connectivity index (χ2n) is 7.08. The van der Waals surface area contributed by atoms with Gasteiger partial charge < -0.3 is 9.64 Å². The van der Waals surface area contributed by atoms with Crippen molar-refractivity contribution < 1.29 is 13.9 Å². The molecule has 3 heterocycles. The van der Waals surface area contributed by atoms with Crippen LogP contribution in [0.25, 0.3) is 28.2 Å². The van der Waals surface area contributed by atoms with E-state index < -0.39 is 0 Å². The van der Waals surface area contributed by atoms with E-state index in [4.69, 9.17) is 4.74 Å². The lowest BCUT2D eigenvalue weighted by atomic mass is 10.1. The fourth-order valence-electron chi connectivity index (χ4n) is 3.62. The van der Waals surface area contributed by atoms with Gasteiger partial charge in [-0.15, -0.1) is 0 Å². The summed E-state index contributed by atoms with van der Waals surface area (Å²) in [5.74, 6) is -0.576. The number of benzene rings is 2. The van der Waals surface area contributed by atoms with Crippen molar-refractivity contribution in [1.29, 1.82) is 0 Å². The summed E-state index contributed by atoms with van der Waals surface area (Å²) in [4.78, 5) is 19.3. The van der Waals surface area contributed by atoms with Crippen LogP contribution in [-0.4, -0.2) is 51.7 Å². The molecule has 0 radical (unpaired) electrons. The van der Waals surface area contributed by atoms with E-state index in [2.05, 4.69) is 10.1 Å². The molecule has 1 fully saturated rings. The number of nitrogens with zero attached hydrogens (tertiary/aromatic N) is 4. The van der Waals surface area contributed by atoms with E-state index in [9.17, 15) is 9.18 Å². The molecule has 7 heteroatoms. The van der Waals surface area contributed by atoms with Crippen LogP contribution in [-0.2, 0) is 4.74 Å². The van der Waals surface area contributed by atoms with Crippen LogP contribution in [0.15, 0.2) is 66.7 Å². The van der Waals surface area contributed by atoms with Crippen LogP contribution in [0.1, 0.15) is 10.5 Å². The highest BCUT2D eigenvalue weighted by molar-refractivity contribution is 5.94.